The van der Waals surface area contributed by atoms with Crippen molar-refractivity contribution < 1.29 is 13.9 Å². The van der Waals surface area contributed by atoms with E-state index in [0.29, 0.717) is 11.7 Å². The van der Waals surface area contributed by atoms with Gasteiger partial charge in [-0.3, -0.25) is 0 Å². The molecule has 1 aromatic carbocycles. The highest BCUT2D eigenvalue weighted by atomic mass is 19.1. The van der Waals surface area contributed by atoms with Gasteiger partial charge in [-0.25, -0.2) is 4.39 Å². The van der Waals surface area contributed by atoms with Crippen molar-refractivity contribution in [3.8, 4) is 5.75 Å². The monoisotopic (exact) mass is 293 g/mol. The SMILES string of the molecule is CNC(c1ccc(F)c(OC)c1)C1CCOC2(CCC2)C1. The number of halogens is 1. The molecule has 1 saturated heterocycles. The maximum Gasteiger partial charge on any atom is 0.165 e. The second-order valence-electron chi connectivity index (χ2n) is 6.30. The Bertz CT molecular complexity index is 502. The predicted octanol–water partition coefficient (Wildman–Crippen LogP) is 3.44. The molecule has 2 fully saturated rings. The fraction of sp³-hybridized carbons (Fsp3) is 0.647. The molecule has 116 valence electrons. The first-order chi connectivity index (χ1) is 10.2. The molecule has 0 amide bonds. The van der Waals surface area contributed by atoms with Crippen LogP contribution in [-0.2, 0) is 4.74 Å². The first kappa shape index (κ1) is 14.8. The number of hydrogen-bond donors (Lipinski definition) is 1. The van der Waals surface area contributed by atoms with Crippen molar-refractivity contribution in [1.29, 1.82) is 0 Å². The van der Waals surface area contributed by atoms with Gasteiger partial charge >= 0.3 is 0 Å². The topological polar surface area (TPSA) is 30.5 Å². The van der Waals surface area contributed by atoms with Crippen LogP contribution in [0, 0.1) is 11.7 Å². The highest BCUT2D eigenvalue weighted by molar-refractivity contribution is 5.32. The van der Waals surface area contributed by atoms with Crippen molar-refractivity contribution in [3.63, 3.8) is 0 Å². The first-order valence-corrected chi connectivity index (χ1v) is 7.82. The molecule has 1 N–H and O–H groups in total. The van der Waals surface area contributed by atoms with E-state index in [1.54, 1.807) is 0 Å². The lowest BCUT2D eigenvalue weighted by Crippen LogP contribution is -2.47. The van der Waals surface area contributed by atoms with Gasteiger partial charge in [-0.2, -0.15) is 0 Å². The van der Waals surface area contributed by atoms with Gasteiger partial charge in [0.25, 0.3) is 0 Å². The van der Waals surface area contributed by atoms with Crippen LogP contribution < -0.4 is 10.1 Å². The number of benzene rings is 1. The molecule has 2 unspecified atom stereocenters. The summed E-state index contributed by atoms with van der Waals surface area (Å²) in [6.07, 6.45) is 5.80. The maximum absolute atomic E-state index is 13.6. The van der Waals surface area contributed by atoms with Crippen molar-refractivity contribution in [2.24, 2.45) is 5.92 Å². The second-order valence-corrected chi connectivity index (χ2v) is 6.30. The molecule has 1 aliphatic carbocycles. The smallest absolute Gasteiger partial charge is 0.165 e. The summed E-state index contributed by atoms with van der Waals surface area (Å²) >= 11 is 0. The molecule has 0 aromatic heterocycles. The Labute approximate surface area is 125 Å². The zero-order valence-corrected chi connectivity index (χ0v) is 12.8. The lowest BCUT2D eigenvalue weighted by molar-refractivity contribution is -0.147. The molecule has 1 saturated carbocycles. The Hall–Kier alpha value is -1.13. The minimum absolute atomic E-state index is 0.127. The van der Waals surface area contributed by atoms with Crippen molar-refractivity contribution in [2.45, 2.75) is 43.7 Å². The van der Waals surface area contributed by atoms with E-state index >= 15 is 0 Å². The van der Waals surface area contributed by atoms with Crippen molar-refractivity contribution >= 4 is 0 Å². The Morgan fingerprint density at radius 1 is 1.43 bits per heavy atom. The van der Waals surface area contributed by atoms with E-state index < -0.39 is 0 Å². The predicted molar refractivity (Wildman–Crippen MR) is 80.0 cm³/mol. The van der Waals surface area contributed by atoms with Crippen LogP contribution in [0.15, 0.2) is 18.2 Å². The highest BCUT2D eigenvalue weighted by Gasteiger charge is 2.44. The van der Waals surface area contributed by atoms with Crippen LogP contribution in [0.3, 0.4) is 0 Å². The zero-order valence-electron chi connectivity index (χ0n) is 12.8. The molecule has 2 atom stereocenters. The summed E-state index contributed by atoms with van der Waals surface area (Å²) in [6.45, 7) is 0.835. The third-order valence-electron chi connectivity index (χ3n) is 5.11. The van der Waals surface area contributed by atoms with E-state index in [-0.39, 0.29) is 17.5 Å². The highest BCUT2D eigenvalue weighted by Crippen LogP contribution is 2.47. The van der Waals surface area contributed by atoms with E-state index in [4.69, 9.17) is 9.47 Å². The summed E-state index contributed by atoms with van der Waals surface area (Å²) in [5.41, 5.74) is 1.22. The third-order valence-corrected chi connectivity index (χ3v) is 5.11. The van der Waals surface area contributed by atoms with Gasteiger partial charge in [0.1, 0.15) is 0 Å². The van der Waals surface area contributed by atoms with Gasteiger partial charge in [0, 0.05) is 12.6 Å². The van der Waals surface area contributed by atoms with Crippen molar-refractivity contribution in [3.05, 3.63) is 29.6 Å². The molecule has 1 aliphatic heterocycles. The van der Waals surface area contributed by atoms with Crippen molar-refractivity contribution in [2.75, 3.05) is 20.8 Å². The Morgan fingerprint density at radius 3 is 2.86 bits per heavy atom. The fourth-order valence-electron chi connectivity index (χ4n) is 3.81. The summed E-state index contributed by atoms with van der Waals surface area (Å²) in [7, 11) is 3.48. The minimum atomic E-state index is -0.307. The molecule has 0 bridgehead atoms. The van der Waals surface area contributed by atoms with E-state index in [1.165, 1.54) is 32.4 Å². The van der Waals surface area contributed by atoms with Gasteiger partial charge in [0.2, 0.25) is 0 Å². The molecule has 1 spiro atoms. The summed E-state index contributed by atoms with van der Waals surface area (Å²) in [5.74, 6) is 0.538. The standard InChI is InChI=1S/C17H24FNO2/c1-19-16(12-4-5-14(18)15(10-12)20-2)13-6-9-21-17(11-13)7-3-8-17/h4-5,10,13,16,19H,3,6-9,11H2,1-2H3. The lowest BCUT2D eigenvalue weighted by Gasteiger charge is -2.48. The van der Waals surface area contributed by atoms with Crippen LogP contribution in [-0.4, -0.2) is 26.4 Å². The van der Waals surface area contributed by atoms with Gasteiger partial charge in [-0.15, -0.1) is 0 Å². The van der Waals surface area contributed by atoms with Gasteiger partial charge in [0.15, 0.2) is 11.6 Å². The summed E-state index contributed by atoms with van der Waals surface area (Å²) < 4.78 is 24.7. The van der Waals surface area contributed by atoms with Gasteiger partial charge in [-0.05, 0) is 62.8 Å². The van der Waals surface area contributed by atoms with Crippen LogP contribution in [0.4, 0.5) is 4.39 Å². The molecule has 2 aliphatic rings. The van der Waals surface area contributed by atoms with E-state index in [2.05, 4.69) is 5.32 Å². The maximum atomic E-state index is 13.6. The van der Waals surface area contributed by atoms with Gasteiger partial charge in [-0.1, -0.05) is 6.07 Å². The molecule has 1 heterocycles. The van der Waals surface area contributed by atoms with Crippen molar-refractivity contribution in [1.82, 2.24) is 5.32 Å². The summed E-state index contributed by atoms with van der Waals surface area (Å²) in [6, 6.07) is 5.40. The number of ether oxygens (including phenoxy) is 2. The zero-order chi connectivity index (χ0) is 14.9. The molecule has 4 heteroatoms. The van der Waals surface area contributed by atoms with Gasteiger partial charge in [0.05, 0.1) is 12.7 Å². The average Bonchev–Trinajstić information content (AvgIpc) is 2.48. The number of nitrogens with one attached hydrogen (secondary N) is 1. The lowest BCUT2D eigenvalue weighted by atomic mass is 9.69. The fourth-order valence-corrected chi connectivity index (χ4v) is 3.81. The third kappa shape index (κ3) is 2.79. The van der Waals surface area contributed by atoms with Crippen LogP contribution in [0.25, 0.3) is 0 Å². The number of hydrogen-bond acceptors (Lipinski definition) is 3. The molecule has 21 heavy (non-hydrogen) atoms. The van der Waals surface area contributed by atoms with E-state index in [9.17, 15) is 4.39 Å². The van der Waals surface area contributed by atoms with Crippen LogP contribution >= 0.6 is 0 Å². The first-order valence-electron chi connectivity index (χ1n) is 7.82. The van der Waals surface area contributed by atoms with E-state index in [0.717, 1.165) is 25.0 Å². The molecule has 0 radical (unpaired) electrons. The number of methoxy groups -OCH3 is 1. The molecular weight excluding hydrogens is 269 g/mol. The molecule has 3 nitrogen and oxygen atoms in total. The second kappa shape index (κ2) is 5.93. The van der Waals surface area contributed by atoms with E-state index in [1.807, 2.05) is 19.2 Å². The largest absolute Gasteiger partial charge is 0.494 e. The average molecular weight is 293 g/mol. The van der Waals surface area contributed by atoms with Crippen LogP contribution in [0.5, 0.6) is 5.75 Å². The Kier molecular flexibility index (Phi) is 4.18. The number of rotatable bonds is 4. The summed E-state index contributed by atoms with van der Waals surface area (Å²) in [4.78, 5) is 0. The Morgan fingerprint density at radius 2 is 2.24 bits per heavy atom. The summed E-state index contributed by atoms with van der Waals surface area (Å²) in [5, 5.41) is 3.41. The molecular formula is C17H24FNO2. The van der Waals surface area contributed by atoms with Crippen LogP contribution in [0.2, 0.25) is 0 Å². The quantitative estimate of drug-likeness (QED) is 0.922. The van der Waals surface area contributed by atoms with Crippen LogP contribution in [0.1, 0.15) is 43.7 Å². The molecule has 1 aromatic rings. The van der Waals surface area contributed by atoms with Gasteiger partial charge < -0.3 is 14.8 Å². The Balaban J connectivity index is 1.80. The normalized spacial score (nSPS) is 25.4. The minimum Gasteiger partial charge on any atom is -0.494 e. The molecule has 3 rings (SSSR count).